The molecule has 1 aliphatic rings. The SMILES string of the molecule is Cc1nc(N2CCC(F)(F)CC2)c(C(=O)Nc2cccc(C(N)=O)c2)c(C)c1Cl. The number of carbonyl (C=O) groups excluding carboxylic acids is 2. The number of alkyl halides is 2. The van der Waals surface area contributed by atoms with Gasteiger partial charge in [0.15, 0.2) is 0 Å². The Kier molecular flexibility index (Phi) is 5.75. The standard InChI is InChI=1S/C20H21ClF2N4O2/c1-11-15(19(29)26-14-5-3-4-13(10-14)17(24)28)18(25-12(2)16(11)21)27-8-6-20(22,23)7-9-27/h3-5,10H,6-9H2,1-2H3,(H2,24,28)(H,26,29). The van der Waals surface area contributed by atoms with E-state index in [1.807, 2.05) is 0 Å². The minimum absolute atomic E-state index is 0.0813. The van der Waals surface area contributed by atoms with Crippen molar-refractivity contribution >= 4 is 34.9 Å². The fourth-order valence-electron chi connectivity index (χ4n) is 3.30. The van der Waals surface area contributed by atoms with Gasteiger partial charge in [-0.3, -0.25) is 9.59 Å². The van der Waals surface area contributed by atoms with E-state index < -0.39 is 17.7 Å². The van der Waals surface area contributed by atoms with Crippen molar-refractivity contribution in [2.45, 2.75) is 32.6 Å². The molecule has 29 heavy (non-hydrogen) atoms. The molecule has 1 aliphatic heterocycles. The van der Waals surface area contributed by atoms with Gasteiger partial charge in [0.1, 0.15) is 5.82 Å². The molecule has 9 heteroatoms. The molecule has 0 aliphatic carbocycles. The van der Waals surface area contributed by atoms with Crippen LogP contribution in [0.2, 0.25) is 5.02 Å². The Morgan fingerprint density at radius 3 is 2.52 bits per heavy atom. The van der Waals surface area contributed by atoms with Gasteiger partial charge in [-0.05, 0) is 37.6 Å². The summed E-state index contributed by atoms with van der Waals surface area (Å²) in [5.74, 6) is -3.51. The zero-order valence-corrected chi connectivity index (χ0v) is 16.8. The molecule has 3 rings (SSSR count). The second kappa shape index (κ2) is 7.94. The quantitative estimate of drug-likeness (QED) is 0.781. The van der Waals surface area contributed by atoms with Crippen LogP contribution >= 0.6 is 11.6 Å². The number of anilines is 2. The summed E-state index contributed by atoms with van der Waals surface area (Å²) >= 11 is 6.31. The lowest BCUT2D eigenvalue weighted by atomic mass is 10.0. The minimum Gasteiger partial charge on any atom is -0.366 e. The van der Waals surface area contributed by atoms with Crippen LogP contribution in [0.1, 0.15) is 44.8 Å². The second-order valence-corrected chi connectivity index (χ2v) is 7.45. The van der Waals surface area contributed by atoms with Crippen molar-refractivity contribution in [3.05, 3.63) is 51.7 Å². The van der Waals surface area contributed by atoms with E-state index in [1.165, 1.54) is 12.1 Å². The fraction of sp³-hybridized carbons (Fsp3) is 0.350. The molecule has 0 saturated carbocycles. The van der Waals surface area contributed by atoms with Crippen LogP contribution in [0.25, 0.3) is 0 Å². The number of benzene rings is 1. The molecule has 154 valence electrons. The molecule has 6 nitrogen and oxygen atoms in total. The predicted octanol–water partition coefficient (Wildman–Crippen LogP) is 3.94. The molecule has 2 heterocycles. The van der Waals surface area contributed by atoms with E-state index in [0.29, 0.717) is 27.8 Å². The number of primary amides is 1. The number of pyridine rings is 1. The molecular weight excluding hydrogens is 402 g/mol. The van der Waals surface area contributed by atoms with E-state index in [4.69, 9.17) is 17.3 Å². The number of rotatable bonds is 4. The number of carbonyl (C=O) groups is 2. The van der Waals surface area contributed by atoms with Gasteiger partial charge >= 0.3 is 0 Å². The Bertz CT molecular complexity index is 971. The van der Waals surface area contributed by atoms with Crippen molar-refractivity contribution in [2.24, 2.45) is 5.73 Å². The van der Waals surface area contributed by atoms with Crippen LogP contribution in [0.15, 0.2) is 24.3 Å². The molecular formula is C20H21ClF2N4O2. The first-order valence-electron chi connectivity index (χ1n) is 9.10. The lowest BCUT2D eigenvalue weighted by Gasteiger charge is -2.34. The summed E-state index contributed by atoms with van der Waals surface area (Å²) in [7, 11) is 0. The lowest BCUT2D eigenvalue weighted by Crippen LogP contribution is -2.41. The first-order valence-corrected chi connectivity index (χ1v) is 9.47. The van der Waals surface area contributed by atoms with E-state index in [1.54, 1.807) is 30.9 Å². The molecule has 0 spiro atoms. The summed E-state index contributed by atoms with van der Waals surface area (Å²) in [5, 5.41) is 3.06. The molecule has 3 N–H and O–H groups in total. The van der Waals surface area contributed by atoms with E-state index >= 15 is 0 Å². The van der Waals surface area contributed by atoms with Crippen LogP contribution in [0.5, 0.6) is 0 Å². The third kappa shape index (κ3) is 4.48. The zero-order valence-electron chi connectivity index (χ0n) is 16.1. The van der Waals surface area contributed by atoms with E-state index in [0.717, 1.165) is 0 Å². The maximum atomic E-state index is 13.6. The van der Waals surface area contributed by atoms with Gasteiger partial charge in [-0.15, -0.1) is 0 Å². The number of aryl methyl sites for hydroxylation is 1. The number of piperidine rings is 1. The maximum Gasteiger partial charge on any atom is 0.259 e. The number of nitrogens with two attached hydrogens (primary N) is 1. The fourth-order valence-corrected chi connectivity index (χ4v) is 3.44. The van der Waals surface area contributed by atoms with E-state index in [2.05, 4.69) is 10.3 Å². The van der Waals surface area contributed by atoms with Gasteiger partial charge in [0, 0.05) is 37.2 Å². The highest BCUT2D eigenvalue weighted by Crippen LogP contribution is 2.35. The minimum atomic E-state index is -2.72. The Labute approximate surface area is 172 Å². The first kappa shape index (κ1) is 21.0. The Morgan fingerprint density at radius 2 is 1.90 bits per heavy atom. The molecule has 1 saturated heterocycles. The number of hydrogen-bond donors (Lipinski definition) is 2. The van der Waals surface area contributed by atoms with Crippen LogP contribution < -0.4 is 16.0 Å². The highest BCUT2D eigenvalue weighted by molar-refractivity contribution is 6.32. The van der Waals surface area contributed by atoms with Gasteiger partial charge in [-0.2, -0.15) is 0 Å². The monoisotopic (exact) mass is 422 g/mol. The number of nitrogens with one attached hydrogen (secondary N) is 1. The van der Waals surface area contributed by atoms with Gasteiger partial charge < -0.3 is 16.0 Å². The van der Waals surface area contributed by atoms with E-state index in [9.17, 15) is 18.4 Å². The van der Waals surface area contributed by atoms with Crippen LogP contribution in [-0.2, 0) is 0 Å². The number of amides is 2. The second-order valence-electron chi connectivity index (χ2n) is 7.08. The van der Waals surface area contributed by atoms with Crippen molar-refractivity contribution in [3.63, 3.8) is 0 Å². The van der Waals surface area contributed by atoms with Gasteiger partial charge in [0.25, 0.3) is 11.8 Å². The molecule has 0 atom stereocenters. The first-order chi connectivity index (χ1) is 13.6. The van der Waals surface area contributed by atoms with Crippen molar-refractivity contribution in [3.8, 4) is 0 Å². The van der Waals surface area contributed by atoms with Gasteiger partial charge in [0.2, 0.25) is 5.91 Å². The normalized spacial score (nSPS) is 15.8. The largest absolute Gasteiger partial charge is 0.366 e. The van der Waals surface area contributed by atoms with Crippen LogP contribution in [0, 0.1) is 13.8 Å². The maximum absolute atomic E-state index is 13.6. The van der Waals surface area contributed by atoms with Crippen LogP contribution in [0.4, 0.5) is 20.3 Å². The molecule has 2 amide bonds. The summed E-state index contributed by atoms with van der Waals surface area (Å²) in [5.41, 5.74) is 7.15. The highest BCUT2D eigenvalue weighted by atomic mass is 35.5. The lowest BCUT2D eigenvalue weighted by molar-refractivity contribution is -0.0221. The summed E-state index contributed by atoms with van der Waals surface area (Å²) < 4.78 is 27.2. The summed E-state index contributed by atoms with van der Waals surface area (Å²) in [6.45, 7) is 3.55. The predicted molar refractivity (Wildman–Crippen MR) is 108 cm³/mol. The van der Waals surface area contributed by atoms with Crippen molar-refractivity contribution in [1.29, 1.82) is 0 Å². The summed E-state index contributed by atoms with van der Waals surface area (Å²) in [4.78, 5) is 30.6. The summed E-state index contributed by atoms with van der Waals surface area (Å²) in [6.07, 6.45) is -0.617. The van der Waals surface area contributed by atoms with Crippen LogP contribution in [-0.4, -0.2) is 35.8 Å². The zero-order chi connectivity index (χ0) is 21.3. The molecule has 1 fully saturated rings. The topological polar surface area (TPSA) is 88.3 Å². The van der Waals surface area contributed by atoms with Gasteiger partial charge in [-0.1, -0.05) is 17.7 Å². The van der Waals surface area contributed by atoms with Crippen molar-refractivity contribution < 1.29 is 18.4 Å². The third-order valence-electron chi connectivity index (χ3n) is 4.95. The summed E-state index contributed by atoms with van der Waals surface area (Å²) in [6, 6.07) is 6.20. The molecule has 2 aromatic rings. The Morgan fingerprint density at radius 1 is 1.24 bits per heavy atom. The van der Waals surface area contributed by atoms with Crippen molar-refractivity contribution in [1.82, 2.24) is 4.98 Å². The molecule has 0 bridgehead atoms. The Hall–Kier alpha value is -2.74. The number of halogens is 3. The molecule has 0 unspecified atom stereocenters. The average molecular weight is 423 g/mol. The smallest absolute Gasteiger partial charge is 0.259 e. The third-order valence-corrected chi connectivity index (χ3v) is 5.50. The van der Waals surface area contributed by atoms with Crippen molar-refractivity contribution in [2.75, 3.05) is 23.3 Å². The highest BCUT2D eigenvalue weighted by Gasteiger charge is 2.36. The number of hydrogen-bond acceptors (Lipinski definition) is 4. The van der Waals surface area contributed by atoms with Crippen LogP contribution in [0.3, 0.4) is 0 Å². The Balaban J connectivity index is 1.97. The van der Waals surface area contributed by atoms with E-state index in [-0.39, 0.29) is 37.1 Å². The molecule has 0 radical (unpaired) electrons. The van der Waals surface area contributed by atoms with Gasteiger partial charge in [-0.25, -0.2) is 13.8 Å². The molecule has 1 aromatic heterocycles. The van der Waals surface area contributed by atoms with Gasteiger partial charge in [0.05, 0.1) is 16.3 Å². The average Bonchev–Trinajstić information content (AvgIpc) is 2.66. The molecule has 1 aromatic carbocycles. The number of nitrogens with zero attached hydrogens (tertiary/aromatic N) is 2. The number of aromatic nitrogens is 1.